The lowest BCUT2D eigenvalue weighted by Crippen LogP contribution is -2.45. The summed E-state index contributed by atoms with van der Waals surface area (Å²) in [6.07, 6.45) is 0.706. The summed E-state index contributed by atoms with van der Waals surface area (Å²) in [5.74, 6) is -1.87. The van der Waals surface area contributed by atoms with E-state index in [9.17, 15) is 14.0 Å². The molecule has 19 heavy (non-hydrogen) atoms. The molecule has 0 fully saturated rings. The highest BCUT2D eigenvalue weighted by molar-refractivity contribution is 5.93. The fourth-order valence-corrected chi connectivity index (χ4v) is 1.30. The minimum Gasteiger partial charge on any atom is -0.478 e. The Bertz CT molecular complexity index is 501. The molecule has 104 valence electrons. The highest BCUT2D eigenvalue weighted by atomic mass is 19.1. The van der Waals surface area contributed by atoms with Gasteiger partial charge in [0.1, 0.15) is 5.82 Å². The Balaban J connectivity index is 2.84. The second-order valence-electron chi connectivity index (χ2n) is 4.82. The number of carbonyl (C=O) groups is 2. The van der Waals surface area contributed by atoms with Crippen molar-refractivity contribution in [3.05, 3.63) is 29.6 Å². The van der Waals surface area contributed by atoms with Gasteiger partial charge in [-0.3, -0.25) is 0 Å². The normalized spacial score (nSPS) is 10.9. The Morgan fingerprint density at radius 3 is 2.53 bits per heavy atom. The summed E-state index contributed by atoms with van der Waals surface area (Å²) in [4.78, 5) is 22.5. The second-order valence-corrected chi connectivity index (χ2v) is 4.82. The second kappa shape index (κ2) is 5.69. The van der Waals surface area contributed by atoms with Crippen molar-refractivity contribution in [1.29, 1.82) is 0 Å². The summed E-state index contributed by atoms with van der Waals surface area (Å²) in [5.41, 5.74) is -0.680. The Labute approximate surface area is 110 Å². The highest BCUT2D eigenvalue weighted by Gasteiger charge is 2.19. The summed E-state index contributed by atoms with van der Waals surface area (Å²) < 4.78 is 13.5. The number of carboxylic acids is 1. The van der Waals surface area contributed by atoms with E-state index >= 15 is 0 Å². The third kappa shape index (κ3) is 4.24. The molecule has 0 spiro atoms. The van der Waals surface area contributed by atoms with Crippen molar-refractivity contribution in [3.8, 4) is 0 Å². The quantitative estimate of drug-likeness (QED) is 0.785. The van der Waals surface area contributed by atoms with Gasteiger partial charge in [0, 0.05) is 5.54 Å². The third-order valence-electron chi connectivity index (χ3n) is 2.80. The SMILES string of the molecule is CCC(C)(C)NC(=O)Nc1cc(C(=O)O)ccc1F. The van der Waals surface area contributed by atoms with E-state index in [0.717, 1.165) is 18.2 Å². The number of nitrogens with one attached hydrogen (secondary N) is 2. The first-order valence-corrected chi connectivity index (χ1v) is 5.87. The number of rotatable bonds is 4. The van der Waals surface area contributed by atoms with Gasteiger partial charge in [-0.15, -0.1) is 0 Å². The molecule has 0 aliphatic rings. The number of halogens is 1. The van der Waals surface area contributed by atoms with Crippen LogP contribution in [0.4, 0.5) is 14.9 Å². The molecule has 0 aliphatic heterocycles. The number of benzene rings is 1. The molecule has 0 saturated carbocycles. The van der Waals surface area contributed by atoms with Crippen molar-refractivity contribution in [2.75, 3.05) is 5.32 Å². The molecule has 0 atom stereocenters. The number of anilines is 1. The zero-order valence-corrected chi connectivity index (χ0v) is 11.1. The number of carboxylic acid groups (broad SMARTS) is 1. The van der Waals surface area contributed by atoms with Gasteiger partial charge in [-0.2, -0.15) is 0 Å². The zero-order valence-electron chi connectivity index (χ0n) is 11.1. The van der Waals surface area contributed by atoms with Gasteiger partial charge in [0.15, 0.2) is 0 Å². The highest BCUT2D eigenvalue weighted by Crippen LogP contribution is 2.17. The van der Waals surface area contributed by atoms with E-state index < -0.39 is 23.4 Å². The summed E-state index contributed by atoms with van der Waals surface area (Å²) in [5, 5.41) is 13.8. The minimum atomic E-state index is -1.18. The fourth-order valence-electron chi connectivity index (χ4n) is 1.30. The van der Waals surface area contributed by atoms with Crippen molar-refractivity contribution >= 4 is 17.7 Å². The van der Waals surface area contributed by atoms with E-state index in [2.05, 4.69) is 10.6 Å². The van der Waals surface area contributed by atoms with Crippen molar-refractivity contribution < 1.29 is 19.1 Å². The van der Waals surface area contributed by atoms with E-state index in [0.29, 0.717) is 6.42 Å². The van der Waals surface area contributed by atoms with E-state index in [4.69, 9.17) is 5.11 Å². The molecule has 6 heteroatoms. The Morgan fingerprint density at radius 2 is 2.00 bits per heavy atom. The fraction of sp³-hybridized carbons (Fsp3) is 0.385. The first kappa shape index (κ1) is 14.9. The van der Waals surface area contributed by atoms with E-state index in [1.165, 1.54) is 0 Å². The summed E-state index contributed by atoms with van der Waals surface area (Å²) in [7, 11) is 0. The smallest absolute Gasteiger partial charge is 0.335 e. The standard InChI is InChI=1S/C13H17FN2O3/c1-4-13(2,3)16-12(19)15-10-7-8(11(17)18)5-6-9(10)14/h5-7H,4H2,1-3H3,(H,17,18)(H2,15,16,19). The van der Waals surface area contributed by atoms with E-state index in [1.54, 1.807) is 0 Å². The molecule has 1 rings (SSSR count). The Morgan fingerprint density at radius 1 is 1.37 bits per heavy atom. The van der Waals surface area contributed by atoms with Gasteiger partial charge in [0.25, 0.3) is 0 Å². The van der Waals surface area contributed by atoms with Gasteiger partial charge in [-0.05, 0) is 38.5 Å². The van der Waals surface area contributed by atoms with Crippen LogP contribution in [0, 0.1) is 5.82 Å². The van der Waals surface area contributed by atoms with Crippen molar-refractivity contribution in [2.24, 2.45) is 0 Å². The van der Waals surface area contributed by atoms with Crippen molar-refractivity contribution in [1.82, 2.24) is 5.32 Å². The number of urea groups is 1. The summed E-state index contributed by atoms with van der Waals surface area (Å²) in [6.45, 7) is 5.57. The molecule has 0 heterocycles. The average Bonchev–Trinajstić information content (AvgIpc) is 2.31. The van der Waals surface area contributed by atoms with Gasteiger partial charge in [-0.25, -0.2) is 14.0 Å². The average molecular weight is 268 g/mol. The maximum atomic E-state index is 13.5. The minimum absolute atomic E-state index is 0.0912. The number of hydrogen-bond acceptors (Lipinski definition) is 2. The molecule has 0 saturated heterocycles. The first-order valence-electron chi connectivity index (χ1n) is 5.87. The molecule has 0 aromatic heterocycles. The number of hydrogen-bond donors (Lipinski definition) is 3. The van der Waals surface area contributed by atoms with Crippen LogP contribution in [0.2, 0.25) is 0 Å². The van der Waals surface area contributed by atoms with E-state index in [-0.39, 0.29) is 11.3 Å². The van der Waals surface area contributed by atoms with Crippen molar-refractivity contribution in [2.45, 2.75) is 32.7 Å². The number of aromatic carboxylic acids is 1. The zero-order chi connectivity index (χ0) is 14.6. The lowest BCUT2D eigenvalue weighted by Gasteiger charge is -2.24. The maximum Gasteiger partial charge on any atom is 0.335 e. The van der Waals surface area contributed by atoms with Gasteiger partial charge >= 0.3 is 12.0 Å². The lowest BCUT2D eigenvalue weighted by molar-refractivity contribution is 0.0697. The topological polar surface area (TPSA) is 78.4 Å². The largest absolute Gasteiger partial charge is 0.478 e. The Hall–Kier alpha value is -2.11. The van der Waals surface area contributed by atoms with Crippen LogP contribution in [-0.4, -0.2) is 22.6 Å². The van der Waals surface area contributed by atoms with E-state index in [1.807, 2.05) is 20.8 Å². The van der Waals surface area contributed by atoms with Crippen LogP contribution in [0.3, 0.4) is 0 Å². The number of carbonyl (C=O) groups excluding carboxylic acids is 1. The predicted molar refractivity (Wildman–Crippen MR) is 69.9 cm³/mol. The maximum absolute atomic E-state index is 13.5. The summed E-state index contributed by atoms with van der Waals surface area (Å²) in [6, 6.07) is 2.64. The monoisotopic (exact) mass is 268 g/mol. The van der Waals surface area contributed by atoms with Gasteiger partial charge in [-0.1, -0.05) is 6.92 Å². The van der Waals surface area contributed by atoms with Crippen LogP contribution < -0.4 is 10.6 Å². The molecule has 0 aliphatic carbocycles. The van der Waals surface area contributed by atoms with Gasteiger partial charge in [0.05, 0.1) is 11.3 Å². The molecular weight excluding hydrogens is 251 g/mol. The molecule has 2 amide bonds. The molecule has 0 bridgehead atoms. The van der Waals surface area contributed by atoms with Gasteiger partial charge in [0.2, 0.25) is 0 Å². The number of amides is 2. The molecular formula is C13H17FN2O3. The molecule has 1 aromatic rings. The Kier molecular flexibility index (Phi) is 4.47. The van der Waals surface area contributed by atoms with Crippen LogP contribution in [-0.2, 0) is 0 Å². The molecule has 1 aromatic carbocycles. The van der Waals surface area contributed by atoms with Crippen LogP contribution in [0.1, 0.15) is 37.6 Å². The van der Waals surface area contributed by atoms with Crippen LogP contribution in [0.25, 0.3) is 0 Å². The lowest BCUT2D eigenvalue weighted by atomic mass is 10.0. The first-order chi connectivity index (χ1) is 8.75. The third-order valence-corrected chi connectivity index (χ3v) is 2.80. The van der Waals surface area contributed by atoms with Crippen molar-refractivity contribution in [3.63, 3.8) is 0 Å². The summed E-state index contributed by atoms with van der Waals surface area (Å²) >= 11 is 0. The van der Waals surface area contributed by atoms with Crippen LogP contribution >= 0.6 is 0 Å². The molecule has 3 N–H and O–H groups in total. The van der Waals surface area contributed by atoms with Crippen LogP contribution in [0.15, 0.2) is 18.2 Å². The molecule has 5 nitrogen and oxygen atoms in total. The molecule has 0 radical (unpaired) electrons. The van der Waals surface area contributed by atoms with Crippen LogP contribution in [0.5, 0.6) is 0 Å². The van der Waals surface area contributed by atoms with Gasteiger partial charge < -0.3 is 15.7 Å². The predicted octanol–water partition coefficient (Wildman–Crippen LogP) is 2.83. The molecule has 0 unspecified atom stereocenters.